The molecule has 3 rings (SSSR count). The number of amides is 3. The monoisotopic (exact) mass is 521 g/mol. The van der Waals surface area contributed by atoms with Crippen molar-refractivity contribution in [2.24, 2.45) is 0 Å². The highest BCUT2D eigenvalue weighted by atomic mass is 35.5. The molecule has 0 aliphatic carbocycles. The van der Waals surface area contributed by atoms with E-state index in [0.29, 0.717) is 11.5 Å². The molecule has 0 radical (unpaired) electrons. The number of carbonyl (C=O) groups is 2. The standard InChI is InChI=1S/C22H21Cl2N5O4S/c1-22(24,14-23)20(30)26-15-8-10-16(11-9-15)29-34(32,33)18-6-4-5-17(13-18)27-21(31)28-19-7-2-3-12-25-19/h2-13,29H,14H2,1H3,(H,26,30)(H2,25,27,28,31). The van der Waals surface area contributed by atoms with Gasteiger partial charge >= 0.3 is 6.03 Å². The lowest BCUT2D eigenvalue weighted by molar-refractivity contribution is -0.117. The Morgan fingerprint density at radius 2 is 1.62 bits per heavy atom. The quantitative estimate of drug-likeness (QED) is 0.319. The summed E-state index contributed by atoms with van der Waals surface area (Å²) < 4.78 is 28.1. The maximum absolute atomic E-state index is 12.8. The molecule has 0 bridgehead atoms. The van der Waals surface area contributed by atoms with Gasteiger partial charge in [0.2, 0.25) is 5.91 Å². The van der Waals surface area contributed by atoms with E-state index in [-0.39, 0.29) is 22.2 Å². The van der Waals surface area contributed by atoms with Crippen LogP contribution in [0.15, 0.2) is 77.8 Å². The molecule has 0 spiro atoms. The fourth-order valence-corrected chi connectivity index (χ4v) is 3.89. The molecule has 34 heavy (non-hydrogen) atoms. The number of nitrogens with zero attached hydrogens (tertiary/aromatic N) is 1. The number of hydrogen-bond acceptors (Lipinski definition) is 5. The summed E-state index contributed by atoms with van der Waals surface area (Å²) in [6, 6.07) is 16.3. The zero-order valence-electron chi connectivity index (χ0n) is 17.9. The van der Waals surface area contributed by atoms with E-state index in [2.05, 4.69) is 25.7 Å². The Hall–Kier alpha value is -3.34. The molecular formula is C22H21Cl2N5O4S. The van der Waals surface area contributed by atoms with E-state index >= 15 is 0 Å². The van der Waals surface area contributed by atoms with Crippen molar-refractivity contribution in [1.82, 2.24) is 4.98 Å². The third kappa shape index (κ3) is 6.83. The van der Waals surface area contributed by atoms with Gasteiger partial charge in [-0.25, -0.2) is 18.2 Å². The van der Waals surface area contributed by atoms with E-state index in [1.165, 1.54) is 55.6 Å². The van der Waals surface area contributed by atoms with Gasteiger partial charge in [-0.05, 0) is 61.5 Å². The van der Waals surface area contributed by atoms with E-state index in [0.717, 1.165) is 0 Å². The molecule has 178 valence electrons. The number of urea groups is 1. The number of hydrogen-bond donors (Lipinski definition) is 4. The minimum Gasteiger partial charge on any atom is -0.325 e. The second-order valence-electron chi connectivity index (χ2n) is 7.29. The van der Waals surface area contributed by atoms with Crippen LogP contribution in [-0.2, 0) is 14.8 Å². The van der Waals surface area contributed by atoms with Crippen molar-refractivity contribution in [3.05, 3.63) is 72.9 Å². The molecule has 0 saturated carbocycles. The second-order valence-corrected chi connectivity index (χ2v) is 10.1. The number of carbonyl (C=O) groups excluding carboxylic acids is 2. The molecule has 3 amide bonds. The van der Waals surface area contributed by atoms with Crippen LogP contribution in [0, 0.1) is 0 Å². The van der Waals surface area contributed by atoms with E-state index in [1.807, 2.05) is 0 Å². The SMILES string of the molecule is CC(Cl)(CCl)C(=O)Nc1ccc(NS(=O)(=O)c2cccc(NC(=O)Nc3ccccn3)c2)cc1. The molecule has 9 nitrogen and oxygen atoms in total. The molecule has 1 unspecified atom stereocenters. The van der Waals surface area contributed by atoms with Gasteiger partial charge < -0.3 is 10.6 Å². The minimum absolute atomic E-state index is 0.0551. The topological polar surface area (TPSA) is 129 Å². The van der Waals surface area contributed by atoms with Crippen LogP contribution in [-0.4, -0.2) is 36.1 Å². The normalized spacial score (nSPS) is 12.8. The van der Waals surface area contributed by atoms with Crippen LogP contribution in [0.1, 0.15) is 6.92 Å². The van der Waals surface area contributed by atoms with Crippen LogP contribution in [0.25, 0.3) is 0 Å². The number of benzene rings is 2. The molecule has 3 aromatic rings. The van der Waals surface area contributed by atoms with Gasteiger partial charge in [0.25, 0.3) is 10.0 Å². The molecule has 0 saturated heterocycles. The fraction of sp³-hybridized carbons (Fsp3) is 0.136. The van der Waals surface area contributed by atoms with Gasteiger partial charge in [0, 0.05) is 23.3 Å². The zero-order valence-corrected chi connectivity index (χ0v) is 20.2. The van der Waals surface area contributed by atoms with E-state index < -0.39 is 26.8 Å². The predicted molar refractivity (Wildman–Crippen MR) is 134 cm³/mol. The van der Waals surface area contributed by atoms with E-state index in [9.17, 15) is 18.0 Å². The number of sulfonamides is 1. The van der Waals surface area contributed by atoms with Gasteiger partial charge in [0.15, 0.2) is 0 Å². The Kier molecular flexibility index (Phi) is 7.98. The molecule has 1 atom stereocenters. The fourth-order valence-electron chi connectivity index (χ4n) is 2.61. The number of pyridine rings is 1. The van der Waals surface area contributed by atoms with Crippen molar-refractivity contribution < 1.29 is 18.0 Å². The lowest BCUT2D eigenvalue weighted by atomic mass is 10.2. The first-order valence-electron chi connectivity index (χ1n) is 9.87. The summed E-state index contributed by atoms with van der Waals surface area (Å²) >= 11 is 11.7. The summed E-state index contributed by atoms with van der Waals surface area (Å²) in [5, 5.41) is 7.73. The van der Waals surface area contributed by atoms with E-state index in [4.69, 9.17) is 23.2 Å². The Labute approximate surface area is 206 Å². The number of rotatable bonds is 8. The van der Waals surface area contributed by atoms with Crippen molar-refractivity contribution in [2.45, 2.75) is 16.7 Å². The van der Waals surface area contributed by atoms with Crippen LogP contribution in [0.5, 0.6) is 0 Å². The first kappa shape index (κ1) is 25.3. The lowest BCUT2D eigenvalue weighted by Crippen LogP contribution is -2.36. The number of anilines is 4. The maximum Gasteiger partial charge on any atom is 0.324 e. The summed E-state index contributed by atoms with van der Waals surface area (Å²) in [7, 11) is -3.95. The average molecular weight is 522 g/mol. The molecule has 1 heterocycles. The van der Waals surface area contributed by atoms with E-state index in [1.54, 1.807) is 24.3 Å². The van der Waals surface area contributed by atoms with Crippen molar-refractivity contribution in [2.75, 3.05) is 26.6 Å². The Morgan fingerprint density at radius 1 is 0.912 bits per heavy atom. The molecule has 0 aliphatic rings. The minimum atomic E-state index is -3.95. The third-order valence-corrected chi connectivity index (χ3v) is 6.78. The Morgan fingerprint density at radius 3 is 2.26 bits per heavy atom. The first-order valence-corrected chi connectivity index (χ1v) is 12.3. The van der Waals surface area contributed by atoms with Crippen LogP contribution in [0.3, 0.4) is 0 Å². The largest absolute Gasteiger partial charge is 0.325 e. The molecule has 0 aliphatic heterocycles. The molecular weight excluding hydrogens is 501 g/mol. The molecule has 1 aromatic heterocycles. The van der Waals surface area contributed by atoms with Gasteiger partial charge in [-0.15, -0.1) is 23.2 Å². The average Bonchev–Trinajstić information content (AvgIpc) is 2.81. The number of alkyl halides is 2. The summed E-state index contributed by atoms with van der Waals surface area (Å²) in [5.74, 6) is -0.200. The smallest absolute Gasteiger partial charge is 0.324 e. The van der Waals surface area contributed by atoms with Crippen LogP contribution in [0.4, 0.5) is 27.7 Å². The summed E-state index contributed by atoms with van der Waals surface area (Å²) in [6.07, 6.45) is 1.53. The molecule has 4 N–H and O–H groups in total. The van der Waals surface area contributed by atoms with Crippen molar-refractivity contribution in [1.29, 1.82) is 0 Å². The highest BCUT2D eigenvalue weighted by Crippen LogP contribution is 2.23. The maximum atomic E-state index is 12.8. The van der Waals surface area contributed by atoms with Crippen LogP contribution >= 0.6 is 23.2 Å². The summed E-state index contributed by atoms with van der Waals surface area (Å²) in [4.78, 5) is 26.9. The number of nitrogens with one attached hydrogen (secondary N) is 4. The molecule has 0 fully saturated rings. The van der Waals surface area contributed by atoms with Crippen molar-refractivity contribution >= 4 is 68.0 Å². The van der Waals surface area contributed by atoms with Gasteiger partial charge in [-0.2, -0.15) is 0 Å². The highest BCUT2D eigenvalue weighted by molar-refractivity contribution is 7.92. The second kappa shape index (κ2) is 10.7. The number of aromatic nitrogens is 1. The lowest BCUT2D eigenvalue weighted by Gasteiger charge is -2.18. The van der Waals surface area contributed by atoms with Crippen molar-refractivity contribution in [3.63, 3.8) is 0 Å². The molecule has 12 heteroatoms. The highest BCUT2D eigenvalue weighted by Gasteiger charge is 2.29. The molecule has 2 aromatic carbocycles. The Balaban J connectivity index is 1.66. The third-order valence-electron chi connectivity index (χ3n) is 4.43. The first-order chi connectivity index (χ1) is 16.1. The summed E-state index contributed by atoms with van der Waals surface area (Å²) in [5.41, 5.74) is 0.975. The van der Waals surface area contributed by atoms with Gasteiger partial charge in [-0.1, -0.05) is 12.1 Å². The Bertz CT molecular complexity index is 1270. The van der Waals surface area contributed by atoms with Crippen LogP contribution in [0.2, 0.25) is 0 Å². The predicted octanol–water partition coefficient (Wildman–Crippen LogP) is 4.70. The van der Waals surface area contributed by atoms with Gasteiger partial charge in [0.1, 0.15) is 10.7 Å². The zero-order chi connectivity index (χ0) is 24.8. The summed E-state index contributed by atoms with van der Waals surface area (Å²) in [6.45, 7) is 1.49. The van der Waals surface area contributed by atoms with Crippen LogP contribution < -0.4 is 20.7 Å². The van der Waals surface area contributed by atoms with Gasteiger partial charge in [0.05, 0.1) is 10.8 Å². The van der Waals surface area contributed by atoms with Gasteiger partial charge in [-0.3, -0.25) is 14.8 Å². The number of halogens is 2. The van der Waals surface area contributed by atoms with Crippen molar-refractivity contribution in [3.8, 4) is 0 Å².